The van der Waals surface area contributed by atoms with Gasteiger partial charge in [-0.3, -0.25) is 0 Å². The highest BCUT2D eigenvalue weighted by Crippen LogP contribution is 2.32. The van der Waals surface area contributed by atoms with E-state index in [0.717, 1.165) is 15.7 Å². The van der Waals surface area contributed by atoms with Crippen LogP contribution < -0.4 is 0 Å². The van der Waals surface area contributed by atoms with Crippen molar-refractivity contribution in [3.63, 3.8) is 0 Å². The summed E-state index contributed by atoms with van der Waals surface area (Å²) in [6, 6.07) is 16.0. The van der Waals surface area contributed by atoms with Gasteiger partial charge in [0.05, 0.1) is 6.20 Å². The quantitative estimate of drug-likeness (QED) is 0.453. The van der Waals surface area contributed by atoms with E-state index in [1.54, 1.807) is 6.20 Å². The van der Waals surface area contributed by atoms with Crippen molar-refractivity contribution in [2.24, 2.45) is 0 Å². The van der Waals surface area contributed by atoms with Crippen molar-refractivity contribution in [3.8, 4) is 11.1 Å². The van der Waals surface area contributed by atoms with Gasteiger partial charge in [-0.15, -0.1) is 9.94 Å². The second-order valence-corrected chi connectivity index (χ2v) is 3.67. The smallest absolute Gasteiger partial charge is 0.110 e. The lowest BCUT2D eigenvalue weighted by Crippen LogP contribution is -1.89. The van der Waals surface area contributed by atoms with Crippen molar-refractivity contribution in [3.05, 3.63) is 54.7 Å². The van der Waals surface area contributed by atoms with E-state index in [1.165, 1.54) is 11.1 Å². The molecule has 0 spiro atoms. The molecule has 16 heavy (non-hydrogen) atoms. The average Bonchev–Trinajstić information content (AvgIpc) is 2.75. The standard InChI is InChI=1S/C7H6N2O.C6H4/c10-9-7-4-2-1-3-6(7)5-8-9;1-2-5-4-6(5)3-1/h1-5,10H;1-4H. The van der Waals surface area contributed by atoms with Gasteiger partial charge in [-0.2, -0.15) is 0 Å². The predicted octanol–water partition coefficient (Wildman–Crippen LogP) is 2.94. The first-order valence-corrected chi connectivity index (χ1v) is 5.07. The average molecular weight is 210 g/mol. The van der Waals surface area contributed by atoms with Crippen molar-refractivity contribution >= 4 is 10.9 Å². The lowest BCUT2D eigenvalue weighted by Gasteiger charge is -1.88. The van der Waals surface area contributed by atoms with Crippen LogP contribution in [0.4, 0.5) is 0 Å². The Balaban J connectivity index is 0.000000114. The first kappa shape index (κ1) is 8.97. The molecule has 1 N–H and O–H groups in total. The molecule has 0 fully saturated rings. The topological polar surface area (TPSA) is 38.0 Å². The van der Waals surface area contributed by atoms with E-state index in [2.05, 4.69) is 29.4 Å². The van der Waals surface area contributed by atoms with Crippen molar-refractivity contribution in [2.45, 2.75) is 0 Å². The maximum Gasteiger partial charge on any atom is 0.110 e. The number of aromatic nitrogens is 2. The number of hydrogen-bond donors (Lipinski definition) is 1. The maximum atomic E-state index is 9.02. The zero-order valence-electron chi connectivity index (χ0n) is 8.54. The summed E-state index contributed by atoms with van der Waals surface area (Å²) in [6.45, 7) is 0. The third-order valence-corrected chi connectivity index (χ3v) is 2.57. The SMILES string of the molecule is On1ncc2ccccc21.c1cc2cc-2c1. The van der Waals surface area contributed by atoms with Gasteiger partial charge in [0, 0.05) is 5.39 Å². The second-order valence-electron chi connectivity index (χ2n) is 3.67. The molecule has 0 bridgehead atoms. The monoisotopic (exact) mass is 210 g/mol. The van der Waals surface area contributed by atoms with Crippen LogP contribution in [-0.4, -0.2) is 15.2 Å². The van der Waals surface area contributed by atoms with E-state index < -0.39 is 0 Å². The highest BCUT2D eigenvalue weighted by molar-refractivity contribution is 5.80. The minimum Gasteiger partial charge on any atom is -0.411 e. The third kappa shape index (κ3) is 1.52. The summed E-state index contributed by atoms with van der Waals surface area (Å²) < 4.78 is 0. The fourth-order valence-electron chi connectivity index (χ4n) is 1.63. The van der Waals surface area contributed by atoms with Crippen LogP contribution in [0.5, 0.6) is 0 Å². The summed E-state index contributed by atoms with van der Waals surface area (Å²) in [5.41, 5.74) is 3.59. The van der Waals surface area contributed by atoms with Gasteiger partial charge in [0.25, 0.3) is 0 Å². The van der Waals surface area contributed by atoms with Crippen LogP contribution in [0.25, 0.3) is 22.0 Å². The van der Waals surface area contributed by atoms with Crippen molar-refractivity contribution in [2.75, 3.05) is 0 Å². The van der Waals surface area contributed by atoms with Crippen LogP contribution in [0.2, 0.25) is 0 Å². The van der Waals surface area contributed by atoms with E-state index in [0.29, 0.717) is 0 Å². The fraction of sp³-hybridized carbons (Fsp3) is 0. The Morgan fingerprint density at radius 2 is 1.69 bits per heavy atom. The number of benzene rings is 2. The molecule has 0 aliphatic heterocycles. The van der Waals surface area contributed by atoms with Crippen molar-refractivity contribution in [1.29, 1.82) is 0 Å². The molecule has 78 valence electrons. The van der Waals surface area contributed by atoms with Crippen LogP contribution in [0.15, 0.2) is 54.7 Å². The molecule has 2 aliphatic carbocycles. The van der Waals surface area contributed by atoms with Gasteiger partial charge in [0.15, 0.2) is 0 Å². The lowest BCUT2D eigenvalue weighted by atomic mass is 10.3. The minimum absolute atomic E-state index is 0.738. The van der Waals surface area contributed by atoms with Gasteiger partial charge in [-0.1, -0.05) is 36.4 Å². The highest BCUT2D eigenvalue weighted by atomic mass is 16.5. The minimum atomic E-state index is 0.738. The number of hydrogen-bond acceptors (Lipinski definition) is 2. The number of fused-ring (bicyclic) bond motifs is 2. The Hall–Kier alpha value is -2.29. The molecule has 1 aromatic carbocycles. The summed E-state index contributed by atoms with van der Waals surface area (Å²) in [6.07, 6.45) is 1.62. The van der Waals surface area contributed by atoms with Gasteiger partial charge in [-0.25, -0.2) is 0 Å². The Bertz CT molecular complexity index is 626. The molecule has 2 aromatic rings. The van der Waals surface area contributed by atoms with Crippen molar-refractivity contribution < 1.29 is 5.21 Å². The Labute approximate surface area is 92.5 Å². The predicted molar refractivity (Wildman–Crippen MR) is 62.4 cm³/mol. The van der Waals surface area contributed by atoms with Gasteiger partial charge in [-0.05, 0) is 23.3 Å². The first-order chi connectivity index (χ1) is 7.84. The summed E-state index contributed by atoms with van der Waals surface area (Å²) in [7, 11) is 0. The summed E-state index contributed by atoms with van der Waals surface area (Å²) >= 11 is 0. The zero-order chi connectivity index (χ0) is 11.0. The van der Waals surface area contributed by atoms with Crippen LogP contribution in [-0.2, 0) is 0 Å². The number of para-hydroxylation sites is 1. The van der Waals surface area contributed by atoms with Gasteiger partial charge >= 0.3 is 0 Å². The van der Waals surface area contributed by atoms with E-state index in [9.17, 15) is 0 Å². The highest BCUT2D eigenvalue weighted by Gasteiger charge is 2.06. The maximum absolute atomic E-state index is 9.02. The van der Waals surface area contributed by atoms with Gasteiger partial charge in [0.2, 0.25) is 0 Å². The molecule has 4 rings (SSSR count). The number of rotatable bonds is 0. The zero-order valence-corrected chi connectivity index (χ0v) is 8.54. The molecule has 1 heterocycles. The summed E-state index contributed by atoms with van der Waals surface area (Å²) in [5.74, 6) is 0. The van der Waals surface area contributed by atoms with E-state index >= 15 is 0 Å². The van der Waals surface area contributed by atoms with Crippen LogP contribution in [0.1, 0.15) is 0 Å². The van der Waals surface area contributed by atoms with E-state index in [1.807, 2.05) is 24.3 Å². The molecule has 0 saturated carbocycles. The Morgan fingerprint density at radius 1 is 0.938 bits per heavy atom. The van der Waals surface area contributed by atoms with Crippen LogP contribution in [0, 0.1) is 0 Å². The van der Waals surface area contributed by atoms with Gasteiger partial charge in [0.1, 0.15) is 5.52 Å². The summed E-state index contributed by atoms with van der Waals surface area (Å²) in [4.78, 5) is 0.870. The van der Waals surface area contributed by atoms with E-state index in [-0.39, 0.29) is 0 Å². The normalized spacial score (nSPS) is 10.8. The Morgan fingerprint density at radius 3 is 2.25 bits per heavy atom. The molecule has 0 radical (unpaired) electrons. The molecule has 3 nitrogen and oxygen atoms in total. The molecule has 3 heteroatoms. The molecular formula is C13H10N2O. The van der Waals surface area contributed by atoms with Crippen LogP contribution >= 0.6 is 0 Å². The molecule has 2 aliphatic rings. The number of nitrogens with zero attached hydrogens (tertiary/aromatic N) is 2. The first-order valence-electron chi connectivity index (χ1n) is 5.07. The molecule has 0 unspecified atom stereocenters. The lowest BCUT2D eigenvalue weighted by molar-refractivity contribution is 0.161. The van der Waals surface area contributed by atoms with Crippen LogP contribution in [0.3, 0.4) is 0 Å². The third-order valence-electron chi connectivity index (χ3n) is 2.57. The second kappa shape index (κ2) is 3.38. The molecule has 0 atom stereocenters. The van der Waals surface area contributed by atoms with E-state index in [4.69, 9.17) is 5.21 Å². The van der Waals surface area contributed by atoms with Gasteiger partial charge < -0.3 is 5.21 Å². The largest absolute Gasteiger partial charge is 0.411 e. The molecule has 0 saturated heterocycles. The molecule has 0 amide bonds. The molecule has 1 aromatic heterocycles. The summed E-state index contributed by atoms with van der Waals surface area (Å²) in [5, 5.41) is 13.6. The molecular weight excluding hydrogens is 200 g/mol. The fourth-order valence-corrected chi connectivity index (χ4v) is 1.63. The Kier molecular flexibility index (Phi) is 1.90. The van der Waals surface area contributed by atoms with Crippen molar-refractivity contribution in [1.82, 2.24) is 9.94 Å².